The molecule has 0 spiro atoms. The van der Waals surface area contributed by atoms with Crippen molar-refractivity contribution in [2.24, 2.45) is 0 Å². The van der Waals surface area contributed by atoms with E-state index in [1.807, 2.05) is 55.6 Å². The van der Waals surface area contributed by atoms with E-state index in [1.165, 1.54) is 12.1 Å². The molecule has 0 fully saturated rings. The maximum atomic E-state index is 15.0. The number of halogens is 4. The number of benzene rings is 1. The predicted molar refractivity (Wildman–Crippen MR) is 159 cm³/mol. The Morgan fingerprint density at radius 3 is 2.48 bits per heavy atom. The van der Waals surface area contributed by atoms with Crippen LogP contribution in [-0.2, 0) is 11.8 Å². The van der Waals surface area contributed by atoms with Crippen molar-refractivity contribution in [3.05, 3.63) is 84.4 Å². The highest BCUT2D eigenvalue weighted by Crippen LogP contribution is 2.29. The van der Waals surface area contributed by atoms with E-state index in [4.69, 9.17) is 4.52 Å². The molecule has 3 N–H and O–H groups in total. The molecule has 5 aromatic rings. The van der Waals surface area contributed by atoms with E-state index in [-0.39, 0.29) is 23.5 Å². The van der Waals surface area contributed by atoms with Crippen molar-refractivity contribution >= 4 is 23.2 Å². The molecule has 2 amide bonds. The Balaban J connectivity index is 1.24. The van der Waals surface area contributed by atoms with Crippen LogP contribution in [-0.4, -0.2) is 44.8 Å². The Morgan fingerprint density at radius 1 is 0.955 bits per heavy atom. The number of urea groups is 1. The Kier molecular flexibility index (Phi) is 8.68. The van der Waals surface area contributed by atoms with Crippen molar-refractivity contribution in [1.82, 2.24) is 24.8 Å². The summed E-state index contributed by atoms with van der Waals surface area (Å²) in [7, 11) is 0. The zero-order valence-corrected chi connectivity index (χ0v) is 24.3. The molecule has 0 atom stereocenters. The molecule has 44 heavy (non-hydrogen) atoms. The lowest BCUT2D eigenvalue weighted by atomic mass is 9.93. The lowest BCUT2D eigenvalue weighted by Crippen LogP contribution is -2.29. The number of amides is 2. The van der Waals surface area contributed by atoms with Gasteiger partial charge < -0.3 is 15.2 Å². The molecule has 230 valence electrons. The number of anilines is 2. The minimum Gasteiger partial charge on any atom is -0.359 e. The minimum atomic E-state index is -4.23. The number of alkyl halides is 3. The maximum Gasteiger partial charge on any atom is 0.401 e. The van der Waals surface area contributed by atoms with Crippen LogP contribution in [0.25, 0.3) is 28.0 Å². The summed E-state index contributed by atoms with van der Waals surface area (Å²) in [5, 5.41) is 11.3. The van der Waals surface area contributed by atoms with Crippen LogP contribution in [0.3, 0.4) is 0 Å². The Morgan fingerprint density at radius 2 is 1.75 bits per heavy atom. The second-order valence-corrected chi connectivity index (χ2v) is 11.3. The van der Waals surface area contributed by atoms with Crippen molar-refractivity contribution in [2.75, 3.05) is 23.7 Å². The van der Waals surface area contributed by atoms with Crippen LogP contribution >= 0.6 is 0 Å². The number of aromatic nitrogens is 4. The maximum absolute atomic E-state index is 15.0. The van der Waals surface area contributed by atoms with Crippen LogP contribution < -0.4 is 16.0 Å². The second-order valence-electron chi connectivity index (χ2n) is 11.3. The number of pyridine rings is 2. The summed E-state index contributed by atoms with van der Waals surface area (Å²) < 4.78 is 59.0. The number of hydrogen-bond acceptors (Lipinski definition) is 6. The van der Waals surface area contributed by atoms with E-state index < -0.39 is 24.6 Å². The van der Waals surface area contributed by atoms with Gasteiger partial charge in [-0.25, -0.2) is 14.2 Å². The SMILES string of the molecule is CC(C)(C)c1cc(NC(=O)Nc2ccc(-c3cnc4cc(-c5ccnc(CCCNCC(F)(F)F)c5)ccn34)cc2F)no1. The fourth-order valence-corrected chi connectivity index (χ4v) is 4.53. The van der Waals surface area contributed by atoms with Crippen LogP contribution in [0.15, 0.2) is 71.6 Å². The molecular weight excluding hydrogens is 578 g/mol. The summed E-state index contributed by atoms with van der Waals surface area (Å²) in [4.78, 5) is 21.3. The Labute approximate surface area is 250 Å². The molecular formula is C31H31F4N7O2. The van der Waals surface area contributed by atoms with Crippen molar-refractivity contribution in [1.29, 1.82) is 0 Å². The first kappa shape index (κ1) is 30.7. The smallest absolute Gasteiger partial charge is 0.359 e. The molecule has 0 aliphatic rings. The van der Waals surface area contributed by atoms with Crippen molar-refractivity contribution in [2.45, 2.75) is 45.2 Å². The molecule has 4 heterocycles. The normalized spacial score (nSPS) is 12.1. The first-order valence-electron chi connectivity index (χ1n) is 13.9. The Bertz CT molecular complexity index is 1770. The number of fused-ring (bicyclic) bond motifs is 1. The number of imidazole rings is 1. The van der Waals surface area contributed by atoms with Gasteiger partial charge in [-0.05, 0) is 66.9 Å². The van der Waals surface area contributed by atoms with Crippen molar-refractivity contribution in [3.63, 3.8) is 0 Å². The number of nitrogens with one attached hydrogen (secondary N) is 3. The fraction of sp³-hybridized carbons (Fsp3) is 0.290. The van der Waals surface area contributed by atoms with Crippen molar-refractivity contribution < 1.29 is 26.9 Å². The summed E-state index contributed by atoms with van der Waals surface area (Å²) in [6.45, 7) is 5.07. The standard InChI is InChI=1S/C31H31F4N7O2/c1-30(2,3)26-16-27(41-44-26)40-29(43)39-24-7-6-21(14-23(24)32)25-17-38-28-15-20(9-12-42(25)28)19-8-11-37-22(13-19)5-4-10-36-18-31(33,34)35/h6-9,11-17,36H,4-5,10,18H2,1-3H3,(H2,39,40,41,43). The highest BCUT2D eigenvalue weighted by molar-refractivity contribution is 5.99. The van der Waals surface area contributed by atoms with Gasteiger partial charge in [-0.2, -0.15) is 13.2 Å². The van der Waals surface area contributed by atoms with E-state index in [0.717, 1.165) is 16.8 Å². The van der Waals surface area contributed by atoms with E-state index in [9.17, 15) is 18.0 Å². The Hall–Kier alpha value is -4.78. The largest absolute Gasteiger partial charge is 0.401 e. The third kappa shape index (κ3) is 7.59. The number of carbonyl (C=O) groups excluding carboxylic acids is 1. The van der Waals surface area contributed by atoms with Gasteiger partial charge in [-0.15, -0.1) is 0 Å². The number of rotatable bonds is 9. The quantitative estimate of drug-likeness (QED) is 0.120. The molecule has 4 aromatic heterocycles. The third-order valence-electron chi connectivity index (χ3n) is 6.78. The summed E-state index contributed by atoms with van der Waals surface area (Å²) in [5.74, 6) is 0.190. The molecule has 1 aromatic carbocycles. The highest BCUT2D eigenvalue weighted by atomic mass is 19.4. The van der Waals surface area contributed by atoms with Crippen LogP contribution in [0.1, 0.15) is 38.6 Å². The molecule has 0 saturated carbocycles. The lowest BCUT2D eigenvalue weighted by Gasteiger charge is -2.12. The number of carbonyl (C=O) groups is 1. The first-order chi connectivity index (χ1) is 20.9. The van der Waals surface area contributed by atoms with Gasteiger partial charge in [-0.3, -0.25) is 14.7 Å². The second kappa shape index (κ2) is 12.4. The molecule has 0 unspecified atom stereocenters. The molecule has 13 heteroatoms. The molecule has 0 aliphatic heterocycles. The highest BCUT2D eigenvalue weighted by Gasteiger charge is 2.26. The average Bonchev–Trinajstić information content (AvgIpc) is 3.60. The van der Waals surface area contributed by atoms with Gasteiger partial charge in [-0.1, -0.05) is 32.0 Å². The summed E-state index contributed by atoms with van der Waals surface area (Å²) in [6, 6.07) is 13.0. The van der Waals surface area contributed by atoms with Gasteiger partial charge in [0.15, 0.2) is 5.82 Å². The van der Waals surface area contributed by atoms with Gasteiger partial charge in [0.05, 0.1) is 24.1 Å². The van der Waals surface area contributed by atoms with Gasteiger partial charge >= 0.3 is 12.2 Å². The topological polar surface area (TPSA) is 109 Å². The molecule has 5 rings (SSSR count). The van der Waals surface area contributed by atoms with Gasteiger partial charge in [0, 0.05) is 35.1 Å². The summed E-state index contributed by atoms with van der Waals surface area (Å²) in [6.07, 6.45) is 1.96. The van der Waals surface area contributed by atoms with Gasteiger partial charge in [0.1, 0.15) is 17.2 Å². The summed E-state index contributed by atoms with van der Waals surface area (Å²) in [5.41, 5.74) is 4.11. The molecule has 9 nitrogen and oxygen atoms in total. The van der Waals surface area contributed by atoms with E-state index in [0.29, 0.717) is 35.5 Å². The monoisotopic (exact) mass is 609 g/mol. The number of aryl methyl sites for hydroxylation is 1. The van der Waals surface area contributed by atoms with Gasteiger partial charge in [0.2, 0.25) is 0 Å². The third-order valence-corrected chi connectivity index (χ3v) is 6.78. The molecule has 0 radical (unpaired) electrons. The molecule has 0 aliphatic carbocycles. The zero-order chi connectivity index (χ0) is 31.5. The number of nitrogens with zero attached hydrogens (tertiary/aromatic N) is 4. The lowest BCUT2D eigenvalue weighted by molar-refractivity contribution is -0.124. The fourth-order valence-electron chi connectivity index (χ4n) is 4.53. The van der Waals surface area contributed by atoms with Crippen LogP contribution in [0.5, 0.6) is 0 Å². The van der Waals surface area contributed by atoms with E-state index in [1.54, 1.807) is 24.5 Å². The van der Waals surface area contributed by atoms with Crippen molar-refractivity contribution in [3.8, 4) is 22.4 Å². The number of hydrogen-bond donors (Lipinski definition) is 3. The minimum absolute atomic E-state index is 0.00785. The zero-order valence-electron chi connectivity index (χ0n) is 24.3. The molecule has 0 saturated heterocycles. The van der Waals surface area contributed by atoms with Gasteiger partial charge in [0.25, 0.3) is 0 Å². The van der Waals surface area contributed by atoms with Crippen LogP contribution in [0, 0.1) is 5.82 Å². The predicted octanol–water partition coefficient (Wildman–Crippen LogP) is 7.22. The molecule has 0 bridgehead atoms. The first-order valence-corrected chi connectivity index (χ1v) is 13.9. The van der Waals surface area contributed by atoms with Crippen LogP contribution in [0.4, 0.5) is 33.9 Å². The van der Waals surface area contributed by atoms with E-state index >= 15 is 4.39 Å². The van der Waals surface area contributed by atoms with Crippen LogP contribution in [0.2, 0.25) is 0 Å². The summed E-state index contributed by atoms with van der Waals surface area (Å²) >= 11 is 0. The average molecular weight is 610 g/mol. The van der Waals surface area contributed by atoms with E-state index in [2.05, 4.69) is 31.1 Å².